The average molecular weight is 472 g/mol. The molecule has 9 heteroatoms. The standard InChI is InChI=1S/C24H23ClFN3O4/c1-33-15-6-2-13(3-7-15)19-12-28(9-8-27-19)22-18(25)10-16-21(20(22)26)29(14-4-5-14)11-17(23(16)30)24(31)32/h2-3,6-7,10-11,14,19,27H,4-5,8-9,12H2,1H3,(H,31,32). The largest absolute Gasteiger partial charge is 0.497 e. The van der Waals surface area contributed by atoms with Crippen LogP contribution in [0, 0.1) is 5.82 Å². The van der Waals surface area contributed by atoms with Gasteiger partial charge < -0.3 is 24.6 Å². The van der Waals surface area contributed by atoms with Crippen molar-refractivity contribution in [2.45, 2.75) is 24.9 Å². The molecule has 1 saturated carbocycles. The van der Waals surface area contributed by atoms with Crippen molar-refractivity contribution in [2.75, 3.05) is 31.6 Å². The maximum atomic E-state index is 16.0. The summed E-state index contributed by atoms with van der Waals surface area (Å²) in [4.78, 5) is 26.3. The predicted molar refractivity (Wildman–Crippen MR) is 124 cm³/mol. The molecule has 0 bridgehead atoms. The summed E-state index contributed by atoms with van der Waals surface area (Å²) in [5, 5.41) is 13.0. The lowest BCUT2D eigenvalue weighted by atomic mass is 10.0. The van der Waals surface area contributed by atoms with Crippen LogP contribution >= 0.6 is 11.6 Å². The molecule has 172 valence electrons. The molecule has 3 aromatic rings. The van der Waals surface area contributed by atoms with Gasteiger partial charge in [0.1, 0.15) is 11.3 Å². The minimum Gasteiger partial charge on any atom is -0.497 e. The highest BCUT2D eigenvalue weighted by molar-refractivity contribution is 6.34. The van der Waals surface area contributed by atoms with E-state index in [0.29, 0.717) is 19.6 Å². The Kier molecular flexibility index (Phi) is 5.50. The van der Waals surface area contributed by atoms with E-state index in [9.17, 15) is 14.7 Å². The number of pyridine rings is 1. The molecule has 1 saturated heterocycles. The molecule has 2 aromatic carbocycles. The summed E-state index contributed by atoms with van der Waals surface area (Å²) in [5.74, 6) is -1.16. The Bertz CT molecular complexity index is 1300. The second kappa shape index (κ2) is 8.35. The van der Waals surface area contributed by atoms with E-state index >= 15 is 4.39 Å². The summed E-state index contributed by atoms with van der Waals surface area (Å²) < 4.78 is 22.9. The SMILES string of the molecule is COc1ccc(C2CN(c3c(Cl)cc4c(=O)c(C(=O)O)cn(C5CC5)c4c3F)CCN2)cc1. The quantitative estimate of drug-likeness (QED) is 0.585. The summed E-state index contributed by atoms with van der Waals surface area (Å²) in [5.41, 5.74) is 0.295. The second-order valence-corrected chi connectivity index (χ2v) is 8.87. The van der Waals surface area contributed by atoms with E-state index in [4.69, 9.17) is 16.3 Å². The first-order valence-corrected chi connectivity index (χ1v) is 11.2. The molecule has 5 rings (SSSR count). The number of piperazine rings is 1. The van der Waals surface area contributed by atoms with Crippen LogP contribution in [0.3, 0.4) is 0 Å². The third-order valence-corrected chi connectivity index (χ3v) is 6.65. The lowest BCUT2D eigenvalue weighted by Gasteiger charge is -2.36. The number of aromatic carboxylic acids is 1. The number of carboxylic acids is 1. The smallest absolute Gasteiger partial charge is 0.341 e. The number of anilines is 1. The van der Waals surface area contributed by atoms with Crippen LogP contribution in [0.4, 0.5) is 10.1 Å². The van der Waals surface area contributed by atoms with E-state index in [1.807, 2.05) is 29.2 Å². The number of methoxy groups -OCH3 is 1. The molecule has 2 fully saturated rings. The highest BCUT2D eigenvalue weighted by atomic mass is 35.5. The number of ether oxygens (including phenoxy) is 1. The van der Waals surface area contributed by atoms with E-state index < -0.39 is 17.2 Å². The summed E-state index contributed by atoms with van der Waals surface area (Å²) in [6, 6.07) is 9.04. The van der Waals surface area contributed by atoms with Crippen LogP contribution in [-0.2, 0) is 0 Å². The Morgan fingerprint density at radius 3 is 2.64 bits per heavy atom. The van der Waals surface area contributed by atoms with Crippen LogP contribution in [0.2, 0.25) is 5.02 Å². The number of halogens is 2. The molecule has 33 heavy (non-hydrogen) atoms. The van der Waals surface area contributed by atoms with E-state index in [2.05, 4.69) is 5.32 Å². The van der Waals surface area contributed by atoms with Gasteiger partial charge in [-0.25, -0.2) is 9.18 Å². The van der Waals surface area contributed by atoms with Gasteiger partial charge >= 0.3 is 5.97 Å². The van der Waals surface area contributed by atoms with Gasteiger partial charge in [0.2, 0.25) is 5.43 Å². The van der Waals surface area contributed by atoms with Crippen LogP contribution in [-0.4, -0.2) is 42.4 Å². The Morgan fingerprint density at radius 1 is 1.27 bits per heavy atom. The highest BCUT2D eigenvalue weighted by Crippen LogP contribution is 2.41. The number of hydrogen-bond donors (Lipinski definition) is 2. The Morgan fingerprint density at radius 2 is 2.00 bits per heavy atom. The number of aromatic nitrogens is 1. The minimum atomic E-state index is -1.33. The van der Waals surface area contributed by atoms with Gasteiger partial charge in [-0.1, -0.05) is 23.7 Å². The van der Waals surface area contributed by atoms with E-state index in [1.54, 1.807) is 11.7 Å². The number of rotatable bonds is 5. The van der Waals surface area contributed by atoms with Gasteiger partial charge in [-0.2, -0.15) is 0 Å². The molecule has 1 aromatic heterocycles. The van der Waals surface area contributed by atoms with Gasteiger partial charge in [0.25, 0.3) is 0 Å². The lowest BCUT2D eigenvalue weighted by molar-refractivity contribution is 0.0695. The van der Waals surface area contributed by atoms with Crippen molar-refractivity contribution in [3.05, 3.63) is 68.7 Å². The number of fused-ring (bicyclic) bond motifs is 1. The maximum absolute atomic E-state index is 16.0. The molecule has 0 radical (unpaired) electrons. The van der Waals surface area contributed by atoms with Crippen molar-refractivity contribution in [3.63, 3.8) is 0 Å². The molecule has 1 unspecified atom stereocenters. The highest BCUT2D eigenvalue weighted by Gasteiger charge is 2.32. The molecule has 2 heterocycles. The number of hydrogen-bond acceptors (Lipinski definition) is 5. The third-order valence-electron chi connectivity index (χ3n) is 6.36. The molecular weight excluding hydrogens is 449 g/mol. The van der Waals surface area contributed by atoms with Crippen LogP contribution in [0.5, 0.6) is 5.75 Å². The number of benzene rings is 2. The molecule has 1 atom stereocenters. The first-order valence-electron chi connectivity index (χ1n) is 10.8. The van der Waals surface area contributed by atoms with Crippen molar-refractivity contribution in [1.82, 2.24) is 9.88 Å². The molecule has 1 aliphatic heterocycles. The number of nitrogens with one attached hydrogen (secondary N) is 1. The first-order chi connectivity index (χ1) is 15.9. The van der Waals surface area contributed by atoms with Gasteiger partial charge in [0.15, 0.2) is 5.82 Å². The summed E-state index contributed by atoms with van der Waals surface area (Å²) in [6.07, 6.45) is 2.88. The topological polar surface area (TPSA) is 83.8 Å². The van der Waals surface area contributed by atoms with Gasteiger partial charge in [0, 0.05) is 37.9 Å². The average Bonchev–Trinajstić information content (AvgIpc) is 3.65. The van der Waals surface area contributed by atoms with Crippen molar-refractivity contribution in [3.8, 4) is 5.75 Å². The van der Waals surface area contributed by atoms with Crippen molar-refractivity contribution >= 4 is 34.2 Å². The zero-order valence-corrected chi connectivity index (χ0v) is 18.7. The summed E-state index contributed by atoms with van der Waals surface area (Å²) in [6.45, 7) is 1.64. The molecular formula is C24H23ClFN3O4. The number of nitrogens with zero attached hydrogens (tertiary/aromatic N) is 2. The minimum absolute atomic E-state index is 0.00473. The normalized spacial score (nSPS) is 18.5. The zero-order valence-electron chi connectivity index (χ0n) is 18.0. The Balaban J connectivity index is 1.59. The van der Waals surface area contributed by atoms with Crippen LogP contribution in [0.1, 0.15) is 40.8 Å². The molecule has 1 aliphatic carbocycles. The third kappa shape index (κ3) is 3.83. The fraction of sp³-hybridized carbons (Fsp3) is 0.333. The predicted octanol–water partition coefficient (Wildman–Crippen LogP) is 3.99. The van der Waals surface area contributed by atoms with Crippen LogP contribution in [0.15, 0.2) is 41.3 Å². The van der Waals surface area contributed by atoms with Crippen molar-refractivity contribution in [2.24, 2.45) is 0 Å². The first kappa shape index (κ1) is 21.7. The van der Waals surface area contributed by atoms with Gasteiger partial charge in [-0.3, -0.25) is 4.79 Å². The fourth-order valence-corrected chi connectivity index (χ4v) is 4.84. The number of carbonyl (C=O) groups is 1. The molecule has 0 spiro atoms. The van der Waals surface area contributed by atoms with Crippen molar-refractivity contribution in [1.29, 1.82) is 0 Å². The van der Waals surface area contributed by atoms with E-state index in [1.165, 1.54) is 12.3 Å². The zero-order chi connectivity index (χ0) is 23.3. The second-order valence-electron chi connectivity index (χ2n) is 8.46. The summed E-state index contributed by atoms with van der Waals surface area (Å²) in [7, 11) is 1.61. The van der Waals surface area contributed by atoms with Crippen molar-refractivity contribution < 1.29 is 19.0 Å². The van der Waals surface area contributed by atoms with Gasteiger partial charge in [-0.05, 0) is 36.6 Å². The van der Waals surface area contributed by atoms with E-state index in [-0.39, 0.29) is 39.3 Å². The molecule has 7 nitrogen and oxygen atoms in total. The van der Waals surface area contributed by atoms with E-state index in [0.717, 1.165) is 24.2 Å². The number of carboxylic acid groups (broad SMARTS) is 1. The Labute approximate surface area is 194 Å². The van der Waals surface area contributed by atoms with Gasteiger partial charge in [0.05, 0.1) is 28.7 Å². The summed E-state index contributed by atoms with van der Waals surface area (Å²) >= 11 is 6.51. The lowest BCUT2D eigenvalue weighted by Crippen LogP contribution is -2.46. The molecule has 0 amide bonds. The monoisotopic (exact) mass is 471 g/mol. The Hall–Kier alpha value is -3.10. The molecule has 2 N–H and O–H groups in total. The maximum Gasteiger partial charge on any atom is 0.341 e. The fourth-order valence-electron chi connectivity index (χ4n) is 4.53. The van der Waals surface area contributed by atoms with Crippen LogP contribution in [0.25, 0.3) is 10.9 Å². The molecule has 2 aliphatic rings. The van der Waals surface area contributed by atoms with Gasteiger partial charge in [-0.15, -0.1) is 0 Å². The van der Waals surface area contributed by atoms with Crippen LogP contribution < -0.4 is 20.4 Å².